The predicted molar refractivity (Wildman–Crippen MR) is 70.8 cm³/mol. The van der Waals surface area contributed by atoms with Crippen LogP contribution in [-0.4, -0.2) is 5.11 Å². The van der Waals surface area contributed by atoms with Crippen LogP contribution in [0.5, 0.6) is 0 Å². The molecule has 0 unspecified atom stereocenters. The largest absolute Gasteiger partial charge is 0.511 e. The van der Waals surface area contributed by atoms with Crippen LogP contribution < -0.4 is 0 Å². The second-order valence-electron chi connectivity index (χ2n) is 3.63. The molecule has 0 amide bonds. The van der Waals surface area contributed by atoms with Crippen LogP contribution in [-0.2, 0) is 5.75 Å². The topological polar surface area (TPSA) is 20.2 Å². The van der Waals surface area contributed by atoms with Gasteiger partial charge in [-0.25, -0.2) is 0 Å². The smallest absolute Gasteiger partial charge is 0.106 e. The van der Waals surface area contributed by atoms with E-state index >= 15 is 0 Å². The van der Waals surface area contributed by atoms with Crippen molar-refractivity contribution in [2.24, 2.45) is 0 Å². The Hall–Kier alpha value is -0.860. The van der Waals surface area contributed by atoms with Crippen LogP contribution in [0.15, 0.2) is 47.1 Å². The molecule has 2 rings (SSSR count). The molecular weight excluding hydrogens is 240 g/mol. The molecule has 16 heavy (non-hydrogen) atoms. The van der Waals surface area contributed by atoms with Gasteiger partial charge in [0.15, 0.2) is 0 Å². The van der Waals surface area contributed by atoms with Gasteiger partial charge in [0.2, 0.25) is 0 Å². The summed E-state index contributed by atoms with van der Waals surface area (Å²) in [5.41, 5.74) is 1.11. The first-order valence-corrected chi connectivity index (χ1v) is 6.58. The third-order valence-electron chi connectivity index (χ3n) is 2.44. The van der Waals surface area contributed by atoms with Crippen molar-refractivity contribution in [2.75, 3.05) is 0 Å². The number of hydrogen-bond acceptors (Lipinski definition) is 2. The average molecular weight is 253 g/mol. The minimum atomic E-state index is 0.500. The van der Waals surface area contributed by atoms with E-state index in [-0.39, 0.29) is 0 Å². The number of hydrogen-bond donors (Lipinski definition) is 1. The van der Waals surface area contributed by atoms with Crippen molar-refractivity contribution in [3.8, 4) is 0 Å². The summed E-state index contributed by atoms with van der Waals surface area (Å²) in [5.74, 6) is 1.29. The zero-order valence-corrected chi connectivity index (χ0v) is 10.4. The Bertz CT molecular complexity index is 437. The highest BCUT2D eigenvalue weighted by Crippen LogP contribution is 2.31. The van der Waals surface area contributed by atoms with Crippen LogP contribution in [0, 0.1) is 0 Å². The van der Waals surface area contributed by atoms with Gasteiger partial charge in [-0.3, -0.25) is 0 Å². The fraction of sp³-hybridized carbons (Fsp3) is 0.231. The lowest BCUT2D eigenvalue weighted by Gasteiger charge is -2.10. The highest BCUT2D eigenvalue weighted by atomic mass is 35.5. The summed E-state index contributed by atoms with van der Waals surface area (Å²) < 4.78 is 0. The Morgan fingerprint density at radius 2 is 2.12 bits per heavy atom. The summed E-state index contributed by atoms with van der Waals surface area (Å²) >= 11 is 7.70. The first kappa shape index (κ1) is 11.6. The summed E-state index contributed by atoms with van der Waals surface area (Å²) in [5, 5.41) is 10.5. The molecule has 0 heterocycles. The Balaban J connectivity index is 2.03. The summed E-state index contributed by atoms with van der Waals surface area (Å²) in [6.45, 7) is 0. The van der Waals surface area contributed by atoms with Gasteiger partial charge in [0.05, 0.1) is 0 Å². The molecule has 0 saturated heterocycles. The van der Waals surface area contributed by atoms with E-state index in [0.717, 1.165) is 34.1 Å². The van der Waals surface area contributed by atoms with E-state index < -0.39 is 0 Å². The molecule has 0 atom stereocenters. The zero-order chi connectivity index (χ0) is 11.4. The van der Waals surface area contributed by atoms with Gasteiger partial charge in [-0.1, -0.05) is 35.9 Å². The third-order valence-corrected chi connectivity index (χ3v) is 3.95. The molecule has 1 nitrogen and oxygen atoms in total. The van der Waals surface area contributed by atoms with Gasteiger partial charge >= 0.3 is 0 Å². The molecule has 1 aromatic carbocycles. The molecule has 1 N–H and O–H groups in total. The molecule has 0 spiro atoms. The Morgan fingerprint density at radius 1 is 1.31 bits per heavy atom. The van der Waals surface area contributed by atoms with Gasteiger partial charge < -0.3 is 5.11 Å². The summed E-state index contributed by atoms with van der Waals surface area (Å²) in [4.78, 5) is 0.964. The van der Waals surface area contributed by atoms with Gasteiger partial charge in [0, 0.05) is 22.1 Å². The molecule has 0 radical (unpaired) electrons. The van der Waals surface area contributed by atoms with Crippen molar-refractivity contribution in [1.29, 1.82) is 0 Å². The van der Waals surface area contributed by atoms with E-state index in [2.05, 4.69) is 6.08 Å². The van der Waals surface area contributed by atoms with Gasteiger partial charge in [0.25, 0.3) is 0 Å². The molecule has 0 aromatic heterocycles. The van der Waals surface area contributed by atoms with Crippen LogP contribution in [0.3, 0.4) is 0 Å². The monoisotopic (exact) mass is 252 g/mol. The van der Waals surface area contributed by atoms with Crippen molar-refractivity contribution in [3.63, 3.8) is 0 Å². The van der Waals surface area contributed by atoms with Gasteiger partial charge in [-0.15, -0.1) is 11.8 Å². The summed E-state index contributed by atoms with van der Waals surface area (Å²) in [6.07, 6.45) is 5.76. The molecule has 1 aliphatic rings. The Morgan fingerprint density at radius 3 is 2.88 bits per heavy atom. The van der Waals surface area contributed by atoms with Gasteiger partial charge in [0.1, 0.15) is 5.76 Å². The van der Waals surface area contributed by atoms with Gasteiger partial charge in [-0.2, -0.15) is 0 Å². The summed E-state index contributed by atoms with van der Waals surface area (Å²) in [6, 6.07) is 7.81. The first-order valence-electron chi connectivity index (χ1n) is 5.22. The maximum atomic E-state index is 9.69. The molecule has 0 bridgehead atoms. The number of aliphatic hydroxyl groups excluding tert-OH is 1. The van der Waals surface area contributed by atoms with Crippen molar-refractivity contribution in [1.82, 2.24) is 0 Å². The lowest BCUT2D eigenvalue weighted by Crippen LogP contribution is -1.92. The van der Waals surface area contributed by atoms with E-state index in [9.17, 15) is 5.11 Å². The minimum Gasteiger partial charge on any atom is -0.511 e. The van der Waals surface area contributed by atoms with Crippen molar-refractivity contribution >= 4 is 23.4 Å². The molecule has 1 aliphatic carbocycles. The van der Waals surface area contributed by atoms with E-state index in [4.69, 9.17) is 11.6 Å². The molecule has 1 aromatic rings. The third kappa shape index (κ3) is 2.83. The molecule has 0 fully saturated rings. The quantitative estimate of drug-likeness (QED) is 0.842. The van der Waals surface area contributed by atoms with E-state index in [0.29, 0.717) is 5.76 Å². The fourth-order valence-corrected chi connectivity index (χ4v) is 2.84. The van der Waals surface area contributed by atoms with Crippen LogP contribution >= 0.6 is 23.4 Å². The second-order valence-corrected chi connectivity index (χ2v) is 5.06. The number of aliphatic hydroxyl groups is 1. The minimum absolute atomic E-state index is 0.500. The average Bonchev–Trinajstić information content (AvgIpc) is 2.30. The lowest BCUT2D eigenvalue weighted by molar-refractivity contribution is 0.386. The van der Waals surface area contributed by atoms with Crippen LogP contribution in [0.2, 0.25) is 5.02 Å². The highest BCUT2D eigenvalue weighted by molar-refractivity contribution is 8.02. The fourth-order valence-electron chi connectivity index (χ4n) is 1.53. The Kier molecular flexibility index (Phi) is 3.97. The molecule has 0 aliphatic heterocycles. The van der Waals surface area contributed by atoms with Crippen molar-refractivity contribution < 1.29 is 5.11 Å². The first-order chi connectivity index (χ1) is 7.77. The maximum Gasteiger partial charge on any atom is 0.106 e. The molecule has 84 valence electrons. The molecule has 0 saturated carbocycles. The number of rotatable bonds is 3. The predicted octanol–water partition coefficient (Wildman–Crippen LogP) is 4.69. The van der Waals surface area contributed by atoms with Gasteiger partial charge in [-0.05, 0) is 24.1 Å². The lowest BCUT2D eigenvalue weighted by atomic mass is 10.2. The van der Waals surface area contributed by atoms with Crippen molar-refractivity contribution in [2.45, 2.75) is 18.6 Å². The van der Waals surface area contributed by atoms with E-state index in [1.165, 1.54) is 0 Å². The van der Waals surface area contributed by atoms with Crippen LogP contribution in [0.1, 0.15) is 18.4 Å². The number of thioether (sulfide) groups is 1. The highest BCUT2D eigenvalue weighted by Gasteiger charge is 2.08. The normalized spacial score (nSPS) is 15.6. The van der Waals surface area contributed by atoms with E-state index in [1.807, 2.05) is 30.3 Å². The standard InChI is InChI=1S/C13H13ClOS/c14-11-6-2-1-5-10(11)9-16-13-8-4-3-7-12(13)15/h1-2,4-6,8,15H,3,7,9H2. The molecular formula is C13H13ClOS. The number of allylic oxidation sites excluding steroid dienone is 3. The molecule has 3 heteroatoms. The number of halogens is 1. The van der Waals surface area contributed by atoms with Crippen molar-refractivity contribution in [3.05, 3.63) is 57.7 Å². The summed E-state index contributed by atoms with van der Waals surface area (Å²) in [7, 11) is 0. The zero-order valence-electron chi connectivity index (χ0n) is 8.82. The maximum absolute atomic E-state index is 9.69. The number of benzene rings is 1. The second kappa shape index (κ2) is 5.46. The Labute approximate surface area is 105 Å². The van der Waals surface area contributed by atoms with Crippen LogP contribution in [0.4, 0.5) is 0 Å². The van der Waals surface area contributed by atoms with E-state index in [1.54, 1.807) is 11.8 Å². The SMILES string of the molecule is OC1=C(SCc2ccccc2Cl)C=CCC1. The van der Waals surface area contributed by atoms with Crippen LogP contribution in [0.25, 0.3) is 0 Å².